The molecule has 0 fully saturated rings. The molecule has 0 aliphatic heterocycles. The lowest BCUT2D eigenvalue weighted by molar-refractivity contribution is -0.120. The van der Waals surface area contributed by atoms with Crippen LogP contribution in [0.5, 0.6) is 0 Å². The predicted octanol–water partition coefficient (Wildman–Crippen LogP) is 4.84. The Morgan fingerprint density at radius 1 is 1.07 bits per heavy atom. The third kappa shape index (κ3) is 4.23. The van der Waals surface area contributed by atoms with Crippen molar-refractivity contribution in [1.82, 2.24) is 15.3 Å². The van der Waals surface area contributed by atoms with E-state index in [0.29, 0.717) is 6.54 Å². The number of carbonyl (C=O) groups is 1. The molecule has 6 heteroatoms. The summed E-state index contributed by atoms with van der Waals surface area (Å²) in [5, 5.41) is 6.77. The first-order chi connectivity index (χ1) is 13.2. The Morgan fingerprint density at radius 2 is 1.89 bits per heavy atom. The highest BCUT2D eigenvalue weighted by atomic mass is 32.1. The quantitative estimate of drug-likeness (QED) is 0.510. The average molecular weight is 394 g/mol. The summed E-state index contributed by atoms with van der Waals surface area (Å²) < 4.78 is 1.14. The van der Waals surface area contributed by atoms with Gasteiger partial charge < -0.3 is 5.32 Å². The van der Waals surface area contributed by atoms with Gasteiger partial charge in [0.25, 0.3) is 0 Å². The fraction of sp³-hybridized carbons (Fsp3) is 0.190. The molecule has 0 unspecified atom stereocenters. The number of rotatable bonds is 6. The van der Waals surface area contributed by atoms with Crippen LogP contribution < -0.4 is 5.32 Å². The van der Waals surface area contributed by atoms with Crippen molar-refractivity contribution < 1.29 is 4.79 Å². The molecule has 2 aromatic heterocycles. The third-order valence-corrected chi connectivity index (χ3v) is 6.25. The highest BCUT2D eigenvalue weighted by Crippen LogP contribution is 2.24. The molecule has 4 nitrogen and oxygen atoms in total. The molecule has 0 bridgehead atoms. The van der Waals surface area contributed by atoms with Crippen LogP contribution in [0.4, 0.5) is 0 Å². The Hall–Kier alpha value is -2.57. The zero-order chi connectivity index (χ0) is 18.6. The number of thiazole rings is 2. The van der Waals surface area contributed by atoms with Gasteiger partial charge in [0.1, 0.15) is 10.0 Å². The van der Waals surface area contributed by atoms with Crippen LogP contribution in [-0.2, 0) is 24.2 Å². The predicted molar refractivity (Wildman–Crippen MR) is 112 cm³/mol. The van der Waals surface area contributed by atoms with E-state index in [9.17, 15) is 4.79 Å². The van der Waals surface area contributed by atoms with Crippen molar-refractivity contribution in [3.63, 3.8) is 0 Å². The van der Waals surface area contributed by atoms with Crippen molar-refractivity contribution in [3.8, 4) is 10.6 Å². The fourth-order valence-corrected chi connectivity index (χ4v) is 4.53. The topological polar surface area (TPSA) is 54.9 Å². The van der Waals surface area contributed by atoms with Crippen LogP contribution in [-0.4, -0.2) is 15.9 Å². The number of benzene rings is 2. The van der Waals surface area contributed by atoms with Gasteiger partial charge in [-0.2, -0.15) is 0 Å². The normalized spacial score (nSPS) is 11.0. The van der Waals surface area contributed by atoms with E-state index in [-0.39, 0.29) is 12.3 Å². The van der Waals surface area contributed by atoms with Gasteiger partial charge in [0, 0.05) is 10.9 Å². The second kappa shape index (κ2) is 7.98. The maximum atomic E-state index is 12.3. The molecule has 0 saturated carbocycles. The molecule has 1 N–H and O–H groups in total. The fourth-order valence-electron chi connectivity index (χ4n) is 2.80. The molecule has 27 heavy (non-hydrogen) atoms. The first-order valence-corrected chi connectivity index (χ1v) is 10.6. The van der Waals surface area contributed by atoms with Gasteiger partial charge in [-0.15, -0.1) is 22.7 Å². The minimum atomic E-state index is -0.0348. The summed E-state index contributed by atoms with van der Waals surface area (Å²) in [6, 6.07) is 16.4. The largest absolute Gasteiger partial charge is 0.349 e. The smallest absolute Gasteiger partial charge is 0.226 e. The molecule has 4 rings (SSSR count). The van der Waals surface area contributed by atoms with Gasteiger partial charge in [-0.05, 0) is 24.1 Å². The summed E-state index contributed by atoms with van der Waals surface area (Å²) in [7, 11) is 0. The van der Waals surface area contributed by atoms with Crippen molar-refractivity contribution in [2.45, 2.75) is 26.3 Å². The van der Waals surface area contributed by atoms with Gasteiger partial charge in [0.2, 0.25) is 5.91 Å². The van der Waals surface area contributed by atoms with E-state index in [4.69, 9.17) is 0 Å². The Balaban J connectivity index is 1.36. The minimum absolute atomic E-state index is 0.0348. The molecule has 0 atom stereocenters. The summed E-state index contributed by atoms with van der Waals surface area (Å²) in [6.07, 6.45) is 1.31. The SMILES string of the molecule is CCc1ccc(-c2nc(CC(=O)NCc3nc4ccccc4s3)cs2)cc1. The van der Waals surface area contributed by atoms with Gasteiger partial charge in [-0.3, -0.25) is 4.79 Å². The van der Waals surface area contributed by atoms with Crippen LogP contribution in [0.25, 0.3) is 20.8 Å². The van der Waals surface area contributed by atoms with E-state index in [1.54, 1.807) is 22.7 Å². The third-order valence-electron chi connectivity index (χ3n) is 4.28. The van der Waals surface area contributed by atoms with Crippen LogP contribution in [0.2, 0.25) is 0 Å². The molecule has 0 spiro atoms. The van der Waals surface area contributed by atoms with Crippen LogP contribution in [0.3, 0.4) is 0 Å². The van der Waals surface area contributed by atoms with Crippen molar-refractivity contribution >= 4 is 38.8 Å². The van der Waals surface area contributed by atoms with E-state index < -0.39 is 0 Å². The van der Waals surface area contributed by atoms with Crippen LogP contribution in [0, 0.1) is 0 Å². The summed E-state index contributed by atoms with van der Waals surface area (Å²) in [6.45, 7) is 2.59. The van der Waals surface area contributed by atoms with Crippen molar-refractivity contribution in [3.05, 3.63) is 70.2 Å². The highest BCUT2D eigenvalue weighted by Gasteiger charge is 2.10. The van der Waals surface area contributed by atoms with E-state index in [1.165, 1.54) is 5.56 Å². The van der Waals surface area contributed by atoms with E-state index in [0.717, 1.165) is 37.9 Å². The molecule has 0 radical (unpaired) electrons. The molecule has 0 saturated heterocycles. The number of aryl methyl sites for hydroxylation is 1. The number of amides is 1. The number of fused-ring (bicyclic) bond motifs is 1. The minimum Gasteiger partial charge on any atom is -0.349 e. The molecule has 2 aromatic carbocycles. The highest BCUT2D eigenvalue weighted by molar-refractivity contribution is 7.18. The number of carbonyl (C=O) groups excluding carboxylic acids is 1. The van der Waals surface area contributed by atoms with E-state index in [2.05, 4.69) is 46.5 Å². The number of nitrogens with zero attached hydrogens (tertiary/aromatic N) is 2. The number of aromatic nitrogens is 2. The molecule has 4 aromatic rings. The number of nitrogens with one attached hydrogen (secondary N) is 1. The first kappa shape index (κ1) is 17.8. The van der Waals surface area contributed by atoms with Crippen molar-refractivity contribution in [1.29, 1.82) is 0 Å². The molecule has 0 aliphatic carbocycles. The van der Waals surface area contributed by atoms with Crippen LogP contribution >= 0.6 is 22.7 Å². The number of para-hydroxylation sites is 1. The second-order valence-corrected chi connectivity index (χ2v) is 8.20. The summed E-state index contributed by atoms with van der Waals surface area (Å²) in [5.74, 6) is -0.0348. The van der Waals surface area contributed by atoms with E-state index in [1.807, 2.05) is 29.6 Å². The molecular weight excluding hydrogens is 374 g/mol. The first-order valence-electron chi connectivity index (χ1n) is 8.86. The number of hydrogen-bond acceptors (Lipinski definition) is 5. The maximum Gasteiger partial charge on any atom is 0.226 e. The van der Waals surface area contributed by atoms with Crippen LogP contribution in [0.15, 0.2) is 53.9 Å². The Morgan fingerprint density at radius 3 is 2.67 bits per heavy atom. The lowest BCUT2D eigenvalue weighted by Gasteiger charge is -2.01. The molecule has 1 amide bonds. The van der Waals surface area contributed by atoms with Gasteiger partial charge >= 0.3 is 0 Å². The average Bonchev–Trinajstić information content (AvgIpc) is 3.33. The molecule has 2 heterocycles. The summed E-state index contributed by atoms with van der Waals surface area (Å²) >= 11 is 3.18. The lowest BCUT2D eigenvalue weighted by atomic mass is 10.1. The van der Waals surface area contributed by atoms with Gasteiger partial charge in [-0.25, -0.2) is 9.97 Å². The van der Waals surface area contributed by atoms with Crippen molar-refractivity contribution in [2.75, 3.05) is 0 Å². The lowest BCUT2D eigenvalue weighted by Crippen LogP contribution is -2.24. The van der Waals surface area contributed by atoms with E-state index >= 15 is 0 Å². The monoisotopic (exact) mass is 393 g/mol. The zero-order valence-corrected chi connectivity index (χ0v) is 16.6. The van der Waals surface area contributed by atoms with Gasteiger partial charge in [0.05, 0.1) is 28.9 Å². The van der Waals surface area contributed by atoms with Crippen molar-refractivity contribution in [2.24, 2.45) is 0 Å². The Kier molecular flexibility index (Phi) is 5.27. The second-order valence-electron chi connectivity index (χ2n) is 6.22. The number of hydrogen-bond donors (Lipinski definition) is 1. The summed E-state index contributed by atoms with van der Waals surface area (Å²) in [4.78, 5) is 21.4. The Bertz CT molecular complexity index is 1030. The zero-order valence-electron chi connectivity index (χ0n) is 14.9. The standard InChI is InChI=1S/C21H19N3OS2/c1-2-14-7-9-15(10-8-14)21-23-16(13-26-21)11-19(25)22-12-20-24-17-5-3-4-6-18(17)27-20/h3-10,13H,2,11-12H2,1H3,(H,22,25). The summed E-state index contributed by atoms with van der Waals surface area (Å²) in [5.41, 5.74) is 4.18. The van der Waals surface area contributed by atoms with Crippen LogP contribution in [0.1, 0.15) is 23.2 Å². The van der Waals surface area contributed by atoms with Gasteiger partial charge in [-0.1, -0.05) is 43.3 Å². The molecule has 0 aliphatic rings. The maximum absolute atomic E-state index is 12.3. The Labute approximate surface area is 165 Å². The molecular formula is C21H19N3OS2. The van der Waals surface area contributed by atoms with Gasteiger partial charge in [0.15, 0.2) is 0 Å². The molecule has 136 valence electrons.